The zero-order valence-corrected chi connectivity index (χ0v) is 13.2. The number of hydrogen-bond donors (Lipinski definition) is 1. The molecule has 0 unspecified atom stereocenters. The molecule has 0 bridgehead atoms. The lowest BCUT2D eigenvalue weighted by Gasteiger charge is -2.20. The second kappa shape index (κ2) is 6.33. The molecule has 1 N–H and O–H groups in total. The first-order chi connectivity index (χ1) is 9.00. The predicted octanol–water partition coefficient (Wildman–Crippen LogP) is 3.18. The summed E-state index contributed by atoms with van der Waals surface area (Å²) >= 11 is 1.85. The van der Waals surface area contributed by atoms with Gasteiger partial charge in [0, 0.05) is 35.7 Å². The number of nitrogens with zero attached hydrogens (tertiary/aromatic N) is 2. The number of aromatic nitrogens is 1. The van der Waals surface area contributed by atoms with E-state index in [-0.39, 0.29) is 5.41 Å². The molecular formula is C15H26N2OS. The molecule has 108 valence electrons. The third kappa shape index (κ3) is 4.55. The van der Waals surface area contributed by atoms with E-state index in [0.29, 0.717) is 6.61 Å². The normalized spacial score (nSPS) is 16.3. The van der Waals surface area contributed by atoms with Crippen LogP contribution in [0.1, 0.15) is 56.3 Å². The molecule has 1 aliphatic rings. The van der Waals surface area contributed by atoms with Gasteiger partial charge in [-0.1, -0.05) is 20.8 Å². The molecule has 4 heteroatoms. The lowest BCUT2D eigenvalue weighted by molar-refractivity contribution is 0.230. The Bertz CT molecular complexity index is 393. The van der Waals surface area contributed by atoms with Crippen molar-refractivity contribution in [2.24, 2.45) is 0 Å². The van der Waals surface area contributed by atoms with Crippen molar-refractivity contribution in [1.29, 1.82) is 0 Å². The van der Waals surface area contributed by atoms with Crippen LogP contribution in [0.25, 0.3) is 0 Å². The smallest absolute Gasteiger partial charge is 0.0981 e. The van der Waals surface area contributed by atoms with Gasteiger partial charge < -0.3 is 5.11 Å². The van der Waals surface area contributed by atoms with Gasteiger partial charge in [-0.3, -0.25) is 4.90 Å². The minimum absolute atomic E-state index is 0.157. The molecule has 0 radical (unpaired) electrons. The molecule has 0 amide bonds. The lowest BCUT2D eigenvalue weighted by atomic mass is 9.98. The summed E-state index contributed by atoms with van der Waals surface area (Å²) in [7, 11) is 0. The molecule has 0 atom stereocenters. The van der Waals surface area contributed by atoms with E-state index in [1.807, 2.05) is 17.5 Å². The van der Waals surface area contributed by atoms with Crippen LogP contribution in [0.3, 0.4) is 0 Å². The Kier molecular flexibility index (Phi) is 4.98. The largest absolute Gasteiger partial charge is 0.396 e. The highest BCUT2D eigenvalue weighted by Gasteiger charge is 2.29. The Morgan fingerprint density at radius 1 is 1.37 bits per heavy atom. The van der Waals surface area contributed by atoms with Crippen LogP contribution in [0.2, 0.25) is 0 Å². The first-order valence-corrected chi connectivity index (χ1v) is 8.12. The van der Waals surface area contributed by atoms with Gasteiger partial charge in [-0.25, -0.2) is 4.98 Å². The lowest BCUT2D eigenvalue weighted by Crippen LogP contribution is -2.26. The van der Waals surface area contributed by atoms with E-state index in [0.717, 1.165) is 32.0 Å². The Hall–Kier alpha value is -0.450. The summed E-state index contributed by atoms with van der Waals surface area (Å²) in [6.07, 6.45) is 6.73. The minimum atomic E-state index is 0.157. The van der Waals surface area contributed by atoms with Crippen molar-refractivity contribution in [3.05, 3.63) is 16.1 Å². The molecule has 1 aromatic rings. The number of thiazole rings is 1. The maximum absolute atomic E-state index is 8.89. The van der Waals surface area contributed by atoms with E-state index in [4.69, 9.17) is 5.11 Å². The van der Waals surface area contributed by atoms with Gasteiger partial charge in [0.25, 0.3) is 0 Å². The van der Waals surface area contributed by atoms with Crippen molar-refractivity contribution < 1.29 is 5.11 Å². The minimum Gasteiger partial charge on any atom is -0.396 e. The fourth-order valence-electron chi connectivity index (χ4n) is 2.18. The van der Waals surface area contributed by atoms with Gasteiger partial charge in [0.15, 0.2) is 0 Å². The molecule has 1 saturated carbocycles. The van der Waals surface area contributed by atoms with Gasteiger partial charge in [-0.2, -0.15) is 0 Å². The van der Waals surface area contributed by atoms with E-state index < -0.39 is 0 Å². The van der Waals surface area contributed by atoms with Gasteiger partial charge in [-0.05, 0) is 32.2 Å². The van der Waals surface area contributed by atoms with Gasteiger partial charge >= 0.3 is 0 Å². The quantitative estimate of drug-likeness (QED) is 0.780. The van der Waals surface area contributed by atoms with Crippen molar-refractivity contribution in [3.63, 3.8) is 0 Å². The van der Waals surface area contributed by atoms with Crippen molar-refractivity contribution in [3.8, 4) is 0 Å². The fourth-order valence-corrected chi connectivity index (χ4v) is 3.18. The van der Waals surface area contributed by atoms with E-state index in [1.165, 1.54) is 22.7 Å². The molecule has 0 aromatic carbocycles. The Morgan fingerprint density at radius 2 is 2.11 bits per heavy atom. The van der Waals surface area contributed by atoms with Crippen molar-refractivity contribution in [1.82, 2.24) is 9.88 Å². The molecule has 1 aliphatic carbocycles. The van der Waals surface area contributed by atoms with Crippen LogP contribution >= 0.6 is 11.3 Å². The maximum atomic E-state index is 8.89. The third-order valence-electron chi connectivity index (χ3n) is 3.47. The highest BCUT2D eigenvalue weighted by atomic mass is 32.1. The molecule has 0 aliphatic heterocycles. The first kappa shape index (κ1) is 14.9. The van der Waals surface area contributed by atoms with E-state index in [1.54, 1.807) is 0 Å². The first-order valence-electron chi connectivity index (χ1n) is 7.31. The number of aliphatic hydroxyl groups is 1. The summed E-state index contributed by atoms with van der Waals surface area (Å²) in [5, 5.41) is 10.1. The topological polar surface area (TPSA) is 36.4 Å². The van der Waals surface area contributed by atoms with Crippen LogP contribution in [-0.4, -0.2) is 34.2 Å². The average molecular weight is 282 g/mol. The van der Waals surface area contributed by atoms with Gasteiger partial charge in [0.1, 0.15) is 0 Å². The van der Waals surface area contributed by atoms with E-state index in [9.17, 15) is 0 Å². The number of aliphatic hydroxyl groups excluding tert-OH is 1. The average Bonchev–Trinajstić information content (AvgIpc) is 3.06. The Balaban J connectivity index is 1.91. The summed E-state index contributed by atoms with van der Waals surface area (Å²) in [6.45, 7) is 9.10. The fraction of sp³-hybridized carbons (Fsp3) is 0.800. The molecule has 0 saturated heterocycles. The highest BCUT2D eigenvalue weighted by molar-refractivity contribution is 7.11. The summed E-state index contributed by atoms with van der Waals surface area (Å²) in [4.78, 5) is 8.51. The summed E-state index contributed by atoms with van der Waals surface area (Å²) < 4.78 is 0. The predicted molar refractivity (Wildman–Crippen MR) is 80.6 cm³/mol. The Labute approximate surface area is 120 Å². The second-order valence-corrected chi connectivity index (χ2v) is 7.63. The van der Waals surface area contributed by atoms with Gasteiger partial charge in [0.2, 0.25) is 0 Å². The number of unbranched alkanes of at least 4 members (excludes halogenated alkanes) is 1. The molecule has 1 fully saturated rings. The molecule has 0 spiro atoms. The van der Waals surface area contributed by atoms with Crippen molar-refractivity contribution in [2.75, 3.05) is 13.2 Å². The molecule has 1 aromatic heterocycles. The number of rotatable bonds is 7. The zero-order chi connectivity index (χ0) is 13.9. The van der Waals surface area contributed by atoms with Crippen LogP contribution in [0.5, 0.6) is 0 Å². The van der Waals surface area contributed by atoms with Gasteiger partial charge in [-0.15, -0.1) is 11.3 Å². The molecule has 19 heavy (non-hydrogen) atoms. The molecule has 1 heterocycles. The van der Waals surface area contributed by atoms with E-state index >= 15 is 0 Å². The van der Waals surface area contributed by atoms with Gasteiger partial charge in [0.05, 0.1) is 5.01 Å². The summed E-state index contributed by atoms with van der Waals surface area (Å²) in [5.41, 5.74) is 0.157. The van der Waals surface area contributed by atoms with Crippen molar-refractivity contribution >= 4 is 11.3 Å². The SMILES string of the molecule is CC(C)(C)c1ncc(CN(CCCCO)C2CC2)s1. The summed E-state index contributed by atoms with van der Waals surface area (Å²) in [6, 6.07) is 0.777. The Morgan fingerprint density at radius 3 is 2.63 bits per heavy atom. The molecule has 2 rings (SSSR count). The highest BCUT2D eigenvalue weighted by Crippen LogP contribution is 2.31. The molecule has 3 nitrogen and oxygen atoms in total. The second-order valence-electron chi connectivity index (χ2n) is 6.51. The number of hydrogen-bond acceptors (Lipinski definition) is 4. The third-order valence-corrected chi connectivity index (χ3v) is 4.88. The summed E-state index contributed by atoms with van der Waals surface area (Å²) in [5.74, 6) is 0. The van der Waals surface area contributed by atoms with E-state index in [2.05, 4.69) is 30.7 Å². The van der Waals surface area contributed by atoms with Crippen LogP contribution in [0, 0.1) is 0 Å². The molecular weight excluding hydrogens is 256 g/mol. The van der Waals surface area contributed by atoms with Crippen LogP contribution in [0.4, 0.5) is 0 Å². The van der Waals surface area contributed by atoms with Crippen LogP contribution in [-0.2, 0) is 12.0 Å². The van der Waals surface area contributed by atoms with Crippen molar-refractivity contribution in [2.45, 2.75) is 64.5 Å². The standard InChI is InChI=1S/C15H26N2OS/c1-15(2,3)14-16-10-13(19-14)11-17(12-6-7-12)8-4-5-9-18/h10,12,18H,4-9,11H2,1-3H3. The zero-order valence-electron chi connectivity index (χ0n) is 12.4. The van der Waals surface area contributed by atoms with Crippen LogP contribution in [0.15, 0.2) is 6.20 Å². The maximum Gasteiger partial charge on any atom is 0.0981 e. The van der Waals surface area contributed by atoms with Crippen LogP contribution < -0.4 is 0 Å². The monoisotopic (exact) mass is 282 g/mol.